The summed E-state index contributed by atoms with van der Waals surface area (Å²) in [6, 6.07) is 10.6. The van der Waals surface area contributed by atoms with Gasteiger partial charge in [0, 0.05) is 18.1 Å². The zero-order valence-electron chi connectivity index (χ0n) is 11.2. The average molecular weight is 269 g/mol. The number of hydrogen-bond acceptors (Lipinski definition) is 3. The van der Waals surface area contributed by atoms with E-state index in [2.05, 4.69) is 24.4 Å². The van der Waals surface area contributed by atoms with Gasteiger partial charge in [0.1, 0.15) is 9.84 Å². The minimum Gasteiger partial charge on any atom is -0.310 e. The van der Waals surface area contributed by atoms with Gasteiger partial charge >= 0.3 is 0 Å². The van der Waals surface area contributed by atoms with Gasteiger partial charge < -0.3 is 5.32 Å². The topological polar surface area (TPSA) is 46.2 Å². The monoisotopic (exact) mass is 269 g/mol. The van der Waals surface area contributed by atoms with Gasteiger partial charge in [-0.25, -0.2) is 8.42 Å². The van der Waals surface area contributed by atoms with Crippen LogP contribution in [0.2, 0.25) is 0 Å². The lowest BCUT2D eigenvalue weighted by molar-refractivity contribution is 0.493. The number of unbranched alkanes of at least 4 members (excludes halogenated alkanes) is 1. The maximum atomic E-state index is 11.1. The highest BCUT2D eigenvalue weighted by Crippen LogP contribution is 2.19. The molecule has 0 aliphatic carbocycles. The summed E-state index contributed by atoms with van der Waals surface area (Å²) in [6.07, 6.45) is 3.95. The highest BCUT2D eigenvalue weighted by Gasteiger charge is 2.10. The standard InChI is InChI=1S/C14H23NO2S/c1-3-15-14(13-9-5-4-6-10-13)11-7-8-12-18(2,16)17/h4-6,9-10,14-15H,3,7-8,11-12H2,1-2H3. The lowest BCUT2D eigenvalue weighted by Crippen LogP contribution is -2.21. The van der Waals surface area contributed by atoms with E-state index in [9.17, 15) is 8.42 Å². The summed E-state index contributed by atoms with van der Waals surface area (Å²) in [4.78, 5) is 0. The number of benzene rings is 1. The molecule has 0 heterocycles. The van der Waals surface area contributed by atoms with Gasteiger partial charge in [-0.3, -0.25) is 0 Å². The normalized spacial score (nSPS) is 13.4. The molecule has 4 heteroatoms. The molecule has 1 N–H and O–H groups in total. The Labute approximate surface area is 111 Å². The second kappa shape index (κ2) is 7.54. The van der Waals surface area contributed by atoms with E-state index in [-0.39, 0.29) is 0 Å². The van der Waals surface area contributed by atoms with Crippen LogP contribution in [0, 0.1) is 0 Å². The third kappa shape index (κ3) is 6.17. The Hall–Kier alpha value is -0.870. The zero-order chi connectivity index (χ0) is 13.4. The average Bonchev–Trinajstić information content (AvgIpc) is 2.33. The molecule has 0 radical (unpaired) electrons. The van der Waals surface area contributed by atoms with E-state index < -0.39 is 9.84 Å². The molecule has 3 nitrogen and oxygen atoms in total. The summed E-state index contributed by atoms with van der Waals surface area (Å²) in [5, 5.41) is 3.45. The number of nitrogens with one attached hydrogen (secondary N) is 1. The largest absolute Gasteiger partial charge is 0.310 e. The highest BCUT2D eigenvalue weighted by atomic mass is 32.2. The van der Waals surface area contributed by atoms with E-state index in [1.54, 1.807) is 0 Å². The summed E-state index contributed by atoms with van der Waals surface area (Å²) in [7, 11) is -2.82. The molecule has 0 saturated heterocycles. The molecule has 0 aliphatic rings. The van der Waals surface area contributed by atoms with Crippen molar-refractivity contribution in [2.75, 3.05) is 18.6 Å². The van der Waals surface area contributed by atoms with Gasteiger partial charge in [-0.1, -0.05) is 43.7 Å². The smallest absolute Gasteiger partial charge is 0.147 e. The van der Waals surface area contributed by atoms with Gasteiger partial charge in [-0.2, -0.15) is 0 Å². The molecule has 1 aromatic carbocycles. The van der Waals surface area contributed by atoms with Crippen LogP contribution in [-0.4, -0.2) is 27.0 Å². The van der Waals surface area contributed by atoms with Crippen molar-refractivity contribution in [1.82, 2.24) is 5.32 Å². The minimum absolute atomic E-state index is 0.292. The van der Waals surface area contributed by atoms with Crippen molar-refractivity contribution < 1.29 is 8.42 Å². The molecule has 0 aliphatic heterocycles. The van der Waals surface area contributed by atoms with Crippen molar-refractivity contribution in [2.45, 2.75) is 32.2 Å². The van der Waals surface area contributed by atoms with Crippen LogP contribution in [0.15, 0.2) is 30.3 Å². The van der Waals surface area contributed by atoms with E-state index in [4.69, 9.17) is 0 Å². The molecular formula is C14H23NO2S. The van der Waals surface area contributed by atoms with E-state index in [1.165, 1.54) is 11.8 Å². The van der Waals surface area contributed by atoms with Gasteiger partial charge in [-0.15, -0.1) is 0 Å². The quantitative estimate of drug-likeness (QED) is 0.738. The first kappa shape index (κ1) is 15.2. The van der Waals surface area contributed by atoms with Gasteiger partial charge in [0.05, 0.1) is 0 Å². The van der Waals surface area contributed by atoms with Crippen molar-refractivity contribution in [1.29, 1.82) is 0 Å². The molecule has 0 saturated carbocycles. The lowest BCUT2D eigenvalue weighted by Gasteiger charge is -2.18. The molecule has 0 aromatic heterocycles. The Morgan fingerprint density at radius 2 is 1.83 bits per heavy atom. The molecule has 0 fully saturated rings. The fraction of sp³-hybridized carbons (Fsp3) is 0.571. The molecule has 1 atom stereocenters. The summed E-state index contributed by atoms with van der Waals surface area (Å²) >= 11 is 0. The highest BCUT2D eigenvalue weighted by molar-refractivity contribution is 7.90. The van der Waals surface area contributed by atoms with Crippen LogP contribution in [0.4, 0.5) is 0 Å². The first-order valence-corrected chi connectivity index (χ1v) is 8.55. The SMILES string of the molecule is CCNC(CCCCS(C)(=O)=O)c1ccccc1. The number of rotatable bonds is 8. The van der Waals surface area contributed by atoms with Gasteiger partial charge in [0.15, 0.2) is 0 Å². The fourth-order valence-corrected chi connectivity index (χ4v) is 2.76. The van der Waals surface area contributed by atoms with Crippen LogP contribution in [0.5, 0.6) is 0 Å². The Morgan fingerprint density at radius 3 is 2.39 bits per heavy atom. The van der Waals surface area contributed by atoms with Gasteiger partial charge in [-0.05, 0) is 24.9 Å². The second-order valence-corrected chi connectivity index (χ2v) is 6.91. The molecule has 0 bridgehead atoms. The predicted molar refractivity (Wildman–Crippen MR) is 76.4 cm³/mol. The van der Waals surface area contributed by atoms with Crippen molar-refractivity contribution >= 4 is 9.84 Å². The molecule has 0 spiro atoms. The van der Waals surface area contributed by atoms with E-state index in [0.29, 0.717) is 11.8 Å². The first-order chi connectivity index (χ1) is 8.53. The van der Waals surface area contributed by atoms with Crippen molar-refractivity contribution in [3.8, 4) is 0 Å². The molecule has 18 heavy (non-hydrogen) atoms. The summed E-state index contributed by atoms with van der Waals surface area (Å²) < 4.78 is 22.1. The molecule has 1 rings (SSSR count). The number of hydrogen-bond donors (Lipinski definition) is 1. The predicted octanol–water partition coefficient (Wildman–Crippen LogP) is 2.55. The molecular weight excluding hydrogens is 246 g/mol. The summed E-state index contributed by atoms with van der Waals surface area (Å²) in [6.45, 7) is 3.01. The second-order valence-electron chi connectivity index (χ2n) is 4.65. The van der Waals surface area contributed by atoms with Crippen LogP contribution >= 0.6 is 0 Å². The lowest BCUT2D eigenvalue weighted by atomic mass is 10.0. The maximum absolute atomic E-state index is 11.1. The Bertz CT molecular complexity index is 428. The maximum Gasteiger partial charge on any atom is 0.147 e. The third-order valence-electron chi connectivity index (χ3n) is 2.91. The number of sulfone groups is 1. The molecule has 1 aromatic rings. The van der Waals surface area contributed by atoms with Crippen molar-refractivity contribution in [3.05, 3.63) is 35.9 Å². The summed E-state index contributed by atoms with van der Waals surface area (Å²) in [5.74, 6) is 0.292. The van der Waals surface area contributed by atoms with Gasteiger partial charge in [0.2, 0.25) is 0 Å². The van der Waals surface area contributed by atoms with Crippen LogP contribution < -0.4 is 5.32 Å². The minimum atomic E-state index is -2.82. The van der Waals surface area contributed by atoms with E-state index in [0.717, 1.165) is 25.8 Å². The Morgan fingerprint density at radius 1 is 1.17 bits per heavy atom. The van der Waals surface area contributed by atoms with Gasteiger partial charge in [0.25, 0.3) is 0 Å². The van der Waals surface area contributed by atoms with Crippen molar-refractivity contribution in [2.24, 2.45) is 0 Å². The third-order valence-corrected chi connectivity index (χ3v) is 3.94. The fourth-order valence-electron chi connectivity index (χ4n) is 2.03. The molecule has 1 unspecified atom stereocenters. The zero-order valence-corrected chi connectivity index (χ0v) is 12.0. The summed E-state index contributed by atoms with van der Waals surface area (Å²) in [5.41, 5.74) is 1.28. The van der Waals surface area contributed by atoms with E-state index >= 15 is 0 Å². The Balaban J connectivity index is 2.44. The van der Waals surface area contributed by atoms with Crippen LogP contribution in [0.25, 0.3) is 0 Å². The van der Waals surface area contributed by atoms with Crippen LogP contribution in [0.3, 0.4) is 0 Å². The first-order valence-electron chi connectivity index (χ1n) is 6.49. The van der Waals surface area contributed by atoms with Crippen molar-refractivity contribution in [3.63, 3.8) is 0 Å². The van der Waals surface area contributed by atoms with Crippen LogP contribution in [0.1, 0.15) is 37.8 Å². The Kier molecular flexibility index (Phi) is 6.36. The van der Waals surface area contributed by atoms with Crippen LogP contribution in [-0.2, 0) is 9.84 Å². The molecule has 102 valence electrons. The molecule has 0 amide bonds. The van der Waals surface area contributed by atoms with E-state index in [1.807, 2.05) is 18.2 Å².